The number of nitrogens with one attached hydrogen (secondary N) is 1. The van der Waals surface area contributed by atoms with Gasteiger partial charge in [-0.1, -0.05) is 12.1 Å². The number of benzene rings is 1. The van der Waals surface area contributed by atoms with Crippen molar-refractivity contribution in [3.05, 3.63) is 53.7 Å². The zero-order valence-electron chi connectivity index (χ0n) is 10.6. The summed E-state index contributed by atoms with van der Waals surface area (Å²) in [6.45, 7) is 1.60. The molecule has 104 valence electrons. The van der Waals surface area contributed by atoms with E-state index in [2.05, 4.69) is 9.71 Å². The lowest BCUT2D eigenvalue weighted by molar-refractivity contribution is 0.0696. The maximum absolute atomic E-state index is 12.3. The summed E-state index contributed by atoms with van der Waals surface area (Å²) in [5, 5.41) is 8.93. The molecular weight excluding hydrogens is 280 g/mol. The summed E-state index contributed by atoms with van der Waals surface area (Å²) in [6, 6.07) is 8.75. The van der Waals surface area contributed by atoms with Crippen molar-refractivity contribution in [3.8, 4) is 0 Å². The van der Waals surface area contributed by atoms with E-state index in [4.69, 9.17) is 5.11 Å². The molecule has 7 heteroatoms. The van der Waals surface area contributed by atoms with Crippen LogP contribution in [0.2, 0.25) is 0 Å². The summed E-state index contributed by atoms with van der Waals surface area (Å²) in [4.78, 5) is 14.7. The molecule has 0 spiro atoms. The van der Waals surface area contributed by atoms with Crippen LogP contribution in [0.3, 0.4) is 0 Å². The zero-order chi connectivity index (χ0) is 14.8. The number of pyridine rings is 1. The van der Waals surface area contributed by atoms with Gasteiger partial charge in [0.05, 0.1) is 10.5 Å². The first kappa shape index (κ1) is 14.0. The molecular formula is C13H12N2O4S. The predicted octanol–water partition coefficient (Wildman–Crippen LogP) is 1.89. The Hall–Kier alpha value is -2.41. The van der Waals surface area contributed by atoms with Crippen molar-refractivity contribution < 1.29 is 18.3 Å². The predicted molar refractivity (Wildman–Crippen MR) is 73.2 cm³/mol. The van der Waals surface area contributed by atoms with Crippen LogP contribution in [0.15, 0.2) is 47.5 Å². The lowest BCUT2D eigenvalue weighted by atomic mass is 10.1. The van der Waals surface area contributed by atoms with Crippen LogP contribution in [0, 0.1) is 6.92 Å². The third-order valence-electron chi connectivity index (χ3n) is 2.63. The third-order valence-corrected chi connectivity index (χ3v) is 4.13. The molecule has 0 fully saturated rings. The largest absolute Gasteiger partial charge is 0.478 e. The number of aromatic carboxylic acids is 1. The van der Waals surface area contributed by atoms with Gasteiger partial charge in [0, 0.05) is 6.20 Å². The van der Waals surface area contributed by atoms with Gasteiger partial charge in [0.2, 0.25) is 0 Å². The van der Waals surface area contributed by atoms with Gasteiger partial charge in [0.1, 0.15) is 5.82 Å². The highest BCUT2D eigenvalue weighted by atomic mass is 32.2. The maximum atomic E-state index is 12.3. The molecule has 2 rings (SSSR count). The first-order chi connectivity index (χ1) is 9.40. The molecule has 2 aromatic rings. The van der Waals surface area contributed by atoms with E-state index in [-0.39, 0.29) is 16.3 Å². The molecule has 0 amide bonds. The standard InChI is InChI=1S/C13H12N2O4S/c1-9-5-6-10(13(16)17)8-11(9)20(18,19)15-12-4-2-3-7-14-12/h2-8H,1H3,(H,14,15)(H,16,17). The van der Waals surface area contributed by atoms with Gasteiger partial charge >= 0.3 is 5.97 Å². The van der Waals surface area contributed by atoms with Gasteiger partial charge in [-0.05, 0) is 36.8 Å². The van der Waals surface area contributed by atoms with Gasteiger partial charge < -0.3 is 5.11 Å². The van der Waals surface area contributed by atoms with Crippen LogP contribution in [0.1, 0.15) is 15.9 Å². The van der Waals surface area contributed by atoms with E-state index in [1.165, 1.54) is 24.4 Å². The number of hydrogen-bond donors (Lipinski definition) is 2. The number of carboxylic acid groups (broad SMARTS) is 1. The minimum Gasteiger partial charge on any atom is -0.478 e. The lowest BCUT2D eigenvalue weighted by Gasteiger charge is -2.10. The van der Waals surface area contributed by atoms with E-state index in [1.807, 2.05) is 0 Å². The highest BCUT2D eigenvalue weighted by molar-refractivity contribution is 7.92. The van der Waals surface area contributed by atoms with Crippen molar-refractivity contribution in [2.75, 3.05) is 4.72 Å². The fourth-order valence-electron chi connectivity index (χ4n) is 1.64. The van der Waals surface area contributed by atoms with Crippen LogP contribution in [-0.2, 0) is 10.0 Å². The highest BCUT2D eigenvalue weighted by Gasteiger charge is 2.19. The first-order valence-corrected chi connectivity index (χ1v) is 7.16. The highest BCUT2D eigenvalue weighted by Crippen LogP contribution is 2.19. The first-order valence-electron chi connectivity index (χ1n) is 5.68. The molecule has 0 radical (unpaired) electrons. The second-order valence-corrected chi connectivity index (χ2v) is 5.76. The van der Waals surface area contributed by atoms with E-state index >= 15 is 0 Å². The van der Waals surface area contributed by atoms with Gasteiger partial charge in [0.25, 0.3) is 10.0 Å². The number of hydrogen-bond acceptors (Lipinski definition) is 4. The molecule has 0 bridgehead atoms. The van der Waals surface area contributed by atoms with Crippen LogP contribution < -0.4 is 4.72 Å². The van der Waals surface area contributed by atoms with E-state index in [1.54, 1.807) is 19.1 Å². The number of carbonyl (C=O) groups is 1. The molecule has 20 heavy (non-hydrogen) atoms. The second-order valence-electron chi connectivity index (χ2n) is 4.11. The molecule has 1 heterocycles. The Morgan fingerprint density at radius 1 is 1.25 bits per heavy atom. The molecule has 0 saturated heterocycles. The van der Waals surface area contributed by atoms with Crippen molar-refractivity contribution in [1.82, 2.24) is 4.98 Å². The van der Waals surface area contributed by atoms with Gasteiger partial charge in [-0.2, -0.15) is 0 Å². The summed E-state index contributed by atoms with van der Waals surface area (Å²) < 4.78 is 26.8. The Bertz CT molecular complexity index is 742. The Labute approximate surface area is 116 Å². The minimum atomic E-state index is -3.88. The Balaban J connectivity index is 2.44. The number of nitrogens with zero attached hydrogens (tertiary/aromatic N) is 1. The van der Waals surface area contributed by atoms with Gasteiger partial charge in [0.15, 0.2) is 0 Å². The molecule has 0 atom stereocenters. The topological polar surface area (TPSA) is 96.4 Å². The molecule has 0 aliphatic carbocycles. The van der Waals surface area contributed by atoms with Crippen LogP contribution in [0.25, 0.3) is 0 Å². The Kier molecular flexibility index (Phi) is 3.71. The van der Waals surface area contributed by atoms with E-state index < -0.39 is 16.0 Å². The summed E-state index contributed by atoms with van der Waals surface area (Å²) in [6.07, 6.45) is 1.46. The van der Waals surface area contributed by atoms with Crippen molar-refractivity contribution >= 4 is 21.8 Å². The lowest BCUT2D eigenvalue weighted by Crippen LogP contribution is -2.15. The quantitative estimate of drug-likeness (QED) is 0.897. The van der Waals surface area contributed by atoms with Crippen molar-refractivity contribution in [1.29, 1.82) is 0 Å². The molecule has 1 aromatic heterocycles. The number of aryl methyl sites for hydroxylation is 1. The summed E-state index contributed by atoms with van der Waals surface area (Å²) in [5.74, 6) is -1.01. The normalized spacial score (nSPS) is 11.1. The SMILES string of the molecule is Cc1ccc(C(=O)O)cc1S(=O)(=O)Nc1ccccn1. The average Bonchev–Trinajstić information content (AvgIpc) is 2.39. The van der Waals surface area contributed by atoms with Crippen molar-refractivity contribution in [3.63, 3.8) is 0 Å². The summed E-state index contributed by atoms with van der Waals surface area (Å²) in [5.41, 5.74) is 0.371. The van der Waals surface area contributed by atoms with Gasteiger partial charge in [-0.3, -0.25) is 4.72 Å². The summed E-state index contributed by atoms with van der Waals surface area (Å²) in [7, 11) is -3.88. The van der Waals surface area contributed by atoms with Crippen molar-refractivity contribution in [2.24, 2.45) is 0 Å². The second kappa shape index (κ2) is 5.30. The zero-order valence-corrected chi connectivity index (χ0v) is 11.4. The number of aromatic nitrogens is 1. The summed E-state index contributed by atoms with van der Waals surface area (Å²) >= 11 is 0. The van der Waals surface area contributed by atoms with Crippen LogP contribution in [0.5, 0.6) is 0 Å². The van der Waals surface area contributed by atoms with Crippen LogP contribution >= 0.6 is 0 Å². The van der Waals surface area contributed by atoms with Gasteiger partial charge in [-0.25, -0.2) is 18.2 Å². The number of sulfonamides is 1. The van der Waals surface area contributed by atoms with Gasteiger partial charge in [-0.15, -0.1) is 0 Å². The molecule has 2 N–H and O–H groups in total. The van der Waals surface area contributed by atoms with E-state index in [0.717, 1.165) is 6.07 Å². The fourth-order valence-corrected chi connectivity index (χ4v) is 2.92. The van der Waals surface area contributed by atoms with Crippen molar-refractivity contribution in [2.45, 2.75) is 11.8 Å². The third kappa shape index (κ3) is 2.94. The maximum Gasteiger partial charge on any atom is 0.335 e. The molecule has 0 aliphatic rings. The number of rotatable bonds is 4. The minimum absolute atomic E-state index is 0.0805. The number of anilines is 1. The average molecular weight is 292 g/mol. The van der Waals surface area contributed by atoms with Crippen LogP contribution in [-0.4, -0.2) is 24.5 Å². The van der Waals surface area contributed by atoms with Crippen LogP contribution in [0.4, 0.5) is 5.82 Å². The van der Waals surface area contributed by atoms with E-state index in [9.17, 15) is 13.2 Å². The number of carboxylic acids is 1. The Morgan fingerprint density at radius 3 is 2.60 bits per heavy atom. The smallest absolute Gasteiger partial charge is 0.335 e. The Morgan fingerprint density at radius 2 is 2.00 bits per heavy atom. The monoisotopic (exact) mass is 292 g/mol. The molecule has 0 saturated carbocycles. The fraction of sp³-hybridized carbons (Fsp3) is 0.0769. The van der Waals surface area contributed by atoms with E-state index in [0.29, 0.717) is 5.56 Å². The molecule has 6 nitrogen and oxygen atoms in total. The molecule has 0 aliphatic heterocycles. The molecule has 0 unspecified atom stereocenters. The molecule has 1 aromatic carbocycles.